The van der Waals surface area contributed by atoms with Gasteiger partial charge in [0, 0.05) is 30.2 Å². The Morgan fingerprint density at radius 3 is 3.14 bits per heavy atom. The van der Waals surface area contributed by atoms with Gasteiger partial charge < -0.3 is 10.2 Å². The van der Waals surface area contributed by atoms with E-state index >= 15 is 0 Å². The number of thiazole rings is 1. The monoisotopic (exact) mass is 211 g/mol. The number of likely N-dealkylation sites (N-methyl/N-ethyl adjacent to an activating group) is 1. The minimum absolute atomic E-state index is 0.657. The summed E-state index contributed by atoms with van der Waals surface area (Å²) in [5.74, 6) is 0. The number of nitrogens with zero attached hydrogens (tertiary/aromatic N) is 2. The molecule has 1 aliphatic rings. The van der Waals surface area contributed by atoms with Crippen molar-refractivity contribution in [2.45, 2.75) is 25.9 Å². The largest absolute Gasteiger partial charge is 0.306 e. The van der Waals surface area contributed by atoms with Crippen molar-refractivity contribution in [3.8, 4) is 0 Å². The van der Waals surface area contributed by atoms with E-state index in [1.54, 1.807) is 11.3 Å². The highest BCUT2D eigenvalue weighted by Crippen LogP contribution is 2.12. The molecule has 0 spiro atoms. The first-order valence-corrected chi connectivity index (χ1v) is 5.89. The predicted octanol–water partition coefficient (Wildman–Crippen LogP) is 1.25. The van der Waals surface area contributed by atoms with Gasteiger partial charge >= 0.3 is 0 Å². The molecule has 1 unspecified atom stereocenters. The van der Waals surface area contributed by atoms with Crippen molar-refractivity contribution in [1.29, 1.82) is 0 Å². The van der Waals surface area contributed by atoms with Crippen LogP contribution in [0.4, 0.5) is 0 Å². The maximum Gasteiger partial charge on any atom is 0.107 e. The van der Waals surface area contributed by atoms with Gasteiger partial charge in [0.05, 0.1) is 0 Å². The number of hydrogen-bond acceptors (Lipinski definition) is 4. The Morgan fingerprint density at radius 2 is 2.57 bits per heavy atom. The van der Waals surface area contributed by atoms with E-state index < -0.39 is 0 Å². The highest BCUT2D eigenvalue weighted by molar-refractivity contribution is 7.11. The third-order valence-corrected chi connectivity index (χ3v) is 3.52. The molecule has 1 aromatic rings. The molecular formula is C10H17N3S. The molecule has 14 heavy (non-hydrogen) atoms. The van der Waals surface area contributed by atoms with Crippen LogP contribution >= 0.6 is 11.3 Å². The van der Waals surface area contributed by atoms with E-state index in [0.717, 1.165) is 6.54 Å². The Labute approximate surface area is 89.1 Å². The molecule has 1 aromatic heterocycles. The summed E-state index contributed by atoms with van der Waals surface area (Å²) in [5, 5.41) is 4.75. The Morgan fingerprint density at radius 1 is 1.71 bits per heavy atom. The van der Waals surface area contributed by atoms with Crippen molar-refractivity contribution in [3.63, 3.8) is 0 Å². The van der Waals surface area contributed by atoms with Gasteiger partial charge in [0.1, 0.15) is 5.01 Å². The first-order chi connectivity index (χ1) is 6.74. The molecule has 0 aromatic carbocycles. The van der Waals surface area contributed by atoms with Crippen LogP contribution in [0.2, 0.25) is 0 Å². The minimum atomic E-state index is 0.657. The highest BCUT2D eigenvalue weighted by atomic mass is 32.1. The molecule has 0 amide bonds. The molecule has 0 bridgehead atoms. The van der Waals surface area contributed by atoms with E-state index in [1.165, 1.54) is 29.4 Å². The summed E-state index contributed by atoms with van der Waals surface area (Å²) in [7, 11) is 2.18. The van der Waals surface area contributed by atoms with Crippen LogP contribution in [0.25, 0.3) is 0 Å². The zero-order valence-corrected chi connectivity index (χ0v) is 9.60. The molecule has 1 fully saturated rings. The summed E-state index contributed by atoms with van der Waals surface area (Å²) in [4.78, 5) is 8.00. The number of hydrogen-bond donors (Lipinski definition) is 1. The summed E-state index contributed by atoms with van der Waals surface area (Å²) in [6.45, 7) is 5.42. The lowest BCUT2D eigenvalue weighted by atomic mass is 10.3. The topological polar surface area (TPSA) is 28.2 Å². The van der Waals surface area contributed by atoms with E-state index in [2.05, 4.69) is 29.2 Å². The highest BCUT2D eigenvalue weighted by Gasteiger charge is 2.18. The number of nitrogens with one attached hydrogen (secondary N) is 1. The van der Waals surface area contributed by atoms with Gasteiger partial charge in [-0.05, 0) is 26.9 Å². The zero-order valence-electron chi connectivity index (χ0n) is 8.79. The van der Waals surface area contributed by atoms with Gasteiger partial charge in [0.2, 0.25) is 0 Å². The Hall–Kier alpha value is -0.450. The second-order valence-electron chi connectivity index (χ2n) is 3.99. The molecule has 2 rings (SSSR count). The van der Waals surface area contributed by atoms with Gasteiger partial charge in [-0.3, -0.25) is 0 Å². The number of aryl methyl sites for hydroxylation is 1. The summed E-state index contributed by atoms with van der Waals surface area (Å²) < 4.78 is 0. The third-order valence-electron chi connectivity index (χ3n) is 2.60. The molecule has 78 valence electrons. The molecule has 1 atom stereocenters. The van der Waals surface area contributed by atoms with Gasteiger partial charge in [0.25, 0.3) is 0 Å². The van der Waals surface area contributed by atoms with Gasteiger partial charge in [-0.1, -0.05) is 0 Å². The fraction of sp³-hybridized carbons (Fsp3) is 0.700. The van der Waals surface area contributed by atoms with Crippen molar-refractivity contribution in [1.82, 2.24) is 15.2 Å². The fourth-order valence-corrected chi connectivity index (χ4v) is 2.55. The summed E-state index contributed by atoms with van der Waals surface area (Å²) in [5.41, 5.74) is 0. The maximum absolute atomic E-state index is 4.34. The van der Waals surface area contributed by atoms with Crippen molar-refractivity contribution in [2.24, 2.45) is 0 Å². The Balaban J connectivity index is 1.77. The molecule has 0 radical (unpaired) electrons. The zero-order chi connectivity index (χ0) is 9.97. The molecular weight excluding hydrogens is 194 g/mol. The first kappa shape index (κ1) is 10.1. The van der Waals surface area contributed by atoms with Crippen LogP contribution in [-0.4, -0.2) is 36.1 Å². The van der Waals surface area contributed by atoms with Crippen molar-refractivity contribution < 1.29 is 0 Å². The van der Waals surface area contributed by atoms with Crippen LogP contribution in [0.15, 0.2) is 6.20 Å². The van der Waals surface area contributed by atoms with Crippen LogP contribution in [0, 0.1) is 6.92 Å². The standard InChI is InChI=1S/C10H17N3S/c1-8-5-12-10(14-8)6-11-9-3-4-13(2)7-9/h5,9,11H,3-4,6-7H2,1-2H3. The van der Waals surface area contributed by atoms with Crippen LogP contribution in [0.3, 0.4) is 0 Å². The fourth-order valence-electron chi connectivity index (χ4n) is 1.82. The van der Waals surface area contributed by atoms with Gasteiger partial charge in [0.15, 0.2) is 0 Å². The van der Waals surface area contributed by atoms with Gasteiger partial charge in [-0.2, -0.15) is 0 Å². The Bertz CT molecular complexity index is 297. The van der Waals surface area contributed by atoms with E-state index in [4.69, 9.17) is 0 Å². The summed E-state index contributed by atoms with van der Waals surface area (Å²) >= 11 is 1.78. The summed E-state index contributed by atoms with van der Waals surface area (Å²) in [6.07, 6.45) is 3.21. The molecule has 1 aliphatic heterocycles. The number of rotatable bonds is 3. The molecule has 1 saturated heterocycles. The third kappa shape index (κ3) is 2.53. The van der Waals surface area contributed by atoms with Crippen LogP contribution in [0.1, 0.15) is 16.3 Å². The maximum atomic E-state index is 4.34. The van der Waals surface area contributed by atoms with E-state index in [9.17, 15) is 0 Å². The average Bonchev–Trinajstić information content (AvgIpc) is 2.72. The molecule has 0 aliphatic carbocycles. The number of likely N-dealkylation sites (tertiary alicyclic amines) is 1. The SMILES string of the molecule is Cc1cnc(CNC2CCN(C)C2)s1. The second-order valence-corrected chi connectivity index (χ2v) is 5.31. The van der Waals surface area contributed by atoms with E-state index in [1.807, 2.05) is 6.20 Å². The molecule has 4 heteroatoms. The summed E-state index contributed by atoms with van der Waals surface area (Å²) in [6, 6.07) is 0.657. The van der Waals surface area contributed by atoms with E-state index in [0.29, 0.717) is 6.04 Å². The lowest BCUT2D eigenvalue weighted by molar-refractivity contribution is 0.397. The smallest absolute Gasteiger partial charge is 0.107 e. The molecule has 0 saturated carbocycles. The lowest BCUT2D eigenvalue weighted by Gasteiger charge is -2.11. The number of aromatic nitrogens is 1. The van der Waals surface area contributed by atoms with Gasteiger partial charge in [-0.15, -0.1) is 11.3 Å². The van der Waals surface area contributed by atoms with Crippen LogP contribution in [-0.2, 0) is 6.54 Å². The predicted molar refractivity (Wildman–Crippen MR) is 59.6 cm³/mol. The quantitative estimate of drug-likeness (QED) is 0.815. The van der Waals surface area contributed by atoms with Gasteiger partial charge in [-0.25, -0.2) is 4.98 Å². The van der Waals surface area contributed by atoms with Crippen molar-refractivity contribution >= 4 is 11.3 Å². The molecule has 2 heterocycles. The van der Waals surface area contributed by atoms with Crippen molar-refractivity contribution in [2.75, 3.05) is 20.1 Å². The average molecular weight is 211 g/mol. The minimum Gasteiger partial charge on any atom is -0.306 e. The second kappa shape index (κ2) is 4.38. The molecule has 1 N–H and O–H groups in total. The first-order valence-electron chi connectivity index (χ1n) is 5.07. The van der Waals surface area contributed by atoms with E-state index in [-0.39, 0.29) is 0 Å². The van der Waals surface area contributed by atoms with Crippen LogP contribution in [0.5, 0.6) is 0 Å². The normalized spacial score (nSPS) is 23.1. The Kier molecular flexibility index (Phi) is 3.15. The molecule has 3 nitrogen and oxygen atoms in total. The van der Waals surface area contributed by atoms with Crippen LogP contribution < -0.4 is 5.32 Å². The lowest BCUT2D eigenvalue weighted by Crippen LogP contribution is -2.30. The van der Waals surface area contributed by atoms with Crippen molar-refractivity contribution in [3.05, 3.63) is 16.1 Å².